The summed E-state index contributed by atoms with van der Waals surface area (Å²) in [5.41, 5.74) is 2.31. The third-order valence-electron chi connectivity index (χ3n) is 4.55. The first kappa shape index (κ1) is 17.1. The Bertz CT molecular complexity index is 1370. The van der Waals surface area contributed by atoms with E-state index in [1.54, 1.807) is 18.4 Å². The van der Waals surface area contributed by atoms with Gasteiger partial charge in [0.15, 0.2) is 5.13 Å². The fourth-order valence-corrected chi connectivity index (χ4v) is 5.27. The Balaban J connectivity index is 1.54. The van der Waals surface area contributed by atoms with E-state index in [2.05, 4.69) is 15.3 Å². The molecule has 7 heteroatoms. The van der Waals surface area contributed by atoms with Crippen molar-refractivity contribution in [2.24, 2.45) is 0 Å². The highest BCUT2D eigenvalue weighted by atomic mass is 32.1. The third kappa shape index (κ3) is 2.80. The number of carbonyl (C=O) groups is 1. The molecule has 5 rings (SSSR count). The highest BCUT2D eigenvalue weighted by molar-refractivity contribution is 7.28. The van der Waals surface area contributed by atoms with Gasteiger partial charge in [0.2, 0.25) is 0 Å². The molecule has 0 radical (unpaired) electrons. The number of nitrogens with one attached hydrogen (secondary N) is 1. The molecule has 138 valence electrons. The Morgan fingerprint density at radius 3 is 2.39 bits per heavy atom. The lowest BCUT2D eigenvalue weighted by molar-refractivity contribution is 0.102. The fourth-order valence-electron chi connectivity index (χ4n) is 3.27. The molecule has 0 aliphatic heterocycles. The van der Waals surface area contributed by atoms with Crippen molar-refractivity contribution in [3.05, 3.63) is 59.1 Å². The van der Waals surface area contributed by atoms with Gasteiger partial charge in [0.05, 0.1) is 38.1 Å². The molecule has 0 saturated heterocycles. The van der Waals surface area contributed by atoms with Crippen molar-refractivity contribution >= 4 is 64.9 Å². The molecule has 2 heterocycles. The standard InChI is InChI=1S/C21H15N3O2S2/c1-11-22-15-7-8-16-19(18(15)27-11)28-21(23-16)24-20(25)14-9-12-5-3-4-6-13(12)10-17(14)26-2/h3-10H,1-2H3,(H,23,24,25). The van der Waals surface area contributed by atoms with E-state index in [0.29, 0.717) is 16.4 Å². The van der Waals surface area contributed by atoms with Gasteiger partial charge in [-0.3, -0.25) is 10.1 Å². The van der Waals surface area contributed by atoms with Gasteiger partial charge in [0.25, 0.3) is 5.91 Å². The number of hydrogen-bond donors (Lipinski definition) is 1. The molecule has 1 N–H and O–H groups in total. The molecule has 2 aromatic heterocycles. The van der Waals surface area contributed by atoms with Crippen molar-refractivity contribution in [3.63, 3.8) is 0 Å². The Labute approximate surface area is 168 Å². The minimum Gasteiger partial charge on any atom is -0.496 e. The maximum atomic E-state index is 12.9. The lowest BCUT2D eigenvalue weighted by Gasteiger charge is -2.09. The van der Waals surface area contributed by atoms with Crippen molar-refractivity contribution in [1.82, 2.24) is 9.97 Å². The van der Waals surface area contributed by atoms with Crippen molar-refractivity contribution in [2.45, 2.75) is 6.92 Å². The van der Waals surface area contributed by atoms with Gasteiger partial charge in [-0.25, -0.2) is 9.97 Å². The van der Waals surface area contributed by atoms with Gasteiger partial charge in [-0.2, -0.15) is 0 Å². The summed E-state index contributed by atoms with van der Waals surface area (Å²) in [6.45, 7) is 1.99. The summed E-state index contributed by atoms with van der Waals surface area (Å²) in [7, 11) is 1.57. The van der Waals surface area contributed by atoms with Gasteiger partial charge in [-0.1, -0.05) is 35.6 Å². The molecule has 0 aliphatic rings. The number of carbonyl (C=O) groups excluding carboxylic acids is 1. The Morgan fingerprint density at radius 1 is 0.964 bits per heavy atom. The molecular formula is C21H15N3O2S2. The van der Waals surface area contributed by atoms with E-state index in [0.717, 1.165) is 36.2 Å². The Morgan fingerprint density at radius 2 is 1.64 bits per heavy atom. The van der Waals surface area contributed by atoms with Crippen LogP contribution >= 0.6 is 22.7 Å². The molecule has 28 heavy (non-hydrogen) atoms. The predicted molar refractivity (Wildman–Crippen MR) is 116 cm³/mol. The SMILES string of the molecule is COc1cc2ccccc2cc1C(=O)Nc1nc2ccc3nc(C)sc3c2s1. The maximum absolute atomic E-state index is 12.9. The molecule has 5 aromatic rings. The maximum Gasteiger partial charge on any atom is 0.261 e. The van der Waals surface area contributed by atoms with Gasteiger partial charge < -0.3 is 4.74 Å². The van der Waals surface area contributed by atoms with E-state index in [-0.39, 0.29) is 5.91 Å². The van der Waals surface area contributed by atoms with Crippen LogP contribution in [-0.4, -0.2) is 23.0 Å². The fraction of sp³-hybridized carbons (Fsp3) is 0.0952. The van der Waals surface area contributed by atoms with Crippen LogP contribution in [0, 0.1) is 6.92 Å². The van der Waals surface area contributed by atoms with E-state index in [4.69, 9.17) is 4.74 Å². The summed E-state index contributed by atoms with van der Waals surface area (Å²) >= 11 is 3.11. The van der Waals surface area contributed by atoms with Crippen LogP contribution in [0.25, 0.3) is 31.2 Å². The molecule has 5 nitrogen and oxygen atoms in total. The topological polar surface area (TPSA) is 64.1 Å². The van der Waals surface area contributed by atoms with E-state index in [9.17, 15) is 4.79 Å². The smallest absolute Gasteiger partial charge is 0.261 e. The first-order chi connectivity index (χ1) is 13.6. The zero-order valence-electron chi connectivity index (χ0n) is 15.1. The molecule has 0 unspecified atom stereocenters. The largest absolute Gasteiger partial charge is 0.496 e. The molecule has 0 atom stereocenters. The number of anilines is 1. The zero-order valence-corrected chi connectivity index (χ0v) is 16.8. The Hall–Kier alpha value is -3.03. The number of amides is 1. The normalized spacial score (nSPS) is 11.4. The van der Waals surface area contributed by atoms with E-state index >= 15 is 0 Å². The number of fused-ring (bicyclic) bond motifs is 4. The van der Waals surface area contributed by atoms with Crippen LogP contribution < -0.4 is 10.1 Å². The quantitative estimate of drug-likeness (QED) is 0.423. The predicted octanol–water partition coefficient (Wildman–Crippen LogP) is 5.63. The van der Waals surface area contributed by atoms with E-state index in [1.165, 1.54) is 11.3 Å². The average molecular weight is 406 g/mol. The number of thiazole rings is 2. The first-order valence-corrected chi connectivity index (χ1v) is 10.3. The number of nitrogens with zero attached hydrogens (tertiary/aromatic N) is 2. The van der Waals surface area contributed by atoms with Gasteiger partial charge in [-0.05, 0) is 42.0 Å². The third-order valence-corrected chi connectivity index (χ3v) is 6.69. The summed E-state index contributed by atoms with van der Waals surface area (Å²) in [4.78, 5) is 22.1. The van der Waals surface area contributed by atoms with Crippen molar-refractivity contribution in [2.75, 3.05) is 12.4 Å². The highest BCUT2D eigenvalue weighted by Gasteiger charge is 2.17. The molecule has 0 spiro atoms. The summed E-state index contributed by atoms with van der Waals surface area (Å²) in [6, 6.07) is 15.5. The van der Waals surface area contributed by atoms with Gasteiger partial charge in [0, 0.05) is 0 Å². The number of rotatable bonds is 3. The molecule has 1 amide bonds. The summed E-state index contributed by atoms with van der Waals surface area (Å²) in [5, 5.41) is 6.52. The highest BCUT2D eigenvalue weighted by Crippen LogP contribution is 2.36. The number of methoxy groups -OCH3 is 1. The second-order valence-corrected chi connectivity index (χ2v) is 8.57. The number of aromatic nitrogens is 2. The molecule has 0 bridgehead atoms. The minimum atomic E-state index is -0.238. The average Bonchev–Trinajstić information content (AvgIpc) is 3.28. The lowest BCUT2D eigenvalue weighted by atomic mass is 10.1. The Kier molecular flexibility index (Phi) is 3.99. The first-order valence-electron chi connectivity index (χ1n) is 8.67. The number of ether oxygens (including phenoxy) is 1. The molecule has 3 aromatic carbocycles. The van der Waals surface area contributed by atoms with Crippen LogP contribution in [0.3, 0.4) is 0 Å². The van der Waals surface area contributed by atoms with Gasteiger partial charge >= 0.3 is 0 Å². The van der Waals surface area contributed by atoms with Gasteiger partial charge in [-0.15, -0.1) is 11.3 Å². The number of benzene rings is 3. The van der Waals surface area contributed by atoms with Crippen LogP contribution in [0.15, 0.2) is 48.5 Å². The number of aryl methyl sites for hydroxylation is 1. The zero-order chi connectivity index (χ0) is 19.3. The summed E-state index contributed by atoms with van der Waals surface area (Å²) < 4.78 is 7.60. The van der Waals surface area contributed by atoms with Crippen molar-refractivity contribution in [3.8, 4) is 5.75 Å². The van der Waals surface area contributed by atoms with E-state index < -0.39 is 0 Å². The minimum absolute atomic E-state index is 0.238. The van der Waals surface area contributed by atoms with Crippen LogP contribution in [0.1, 0.15) is 15.4 Å². The van der Waals surface area contributed by atoms with Crippen LogP contribution in [-0.2, 0) is 0 Å². The summed E-state index contributed by atoms with van der Waals surface area (Å²) in [5.74, 6) is 0.302. The second-order valence-electron chi connectivity index (χ2n) is 6.37. The monoisotopic (exact) mass is 405 g/mol. The lowest BCUT2D eigenvalue weighted by Crippen LogP contribution is -2.13. The molecule has 0 fully saturated rings. The van der Waals surface area contributed by atoms with Crippen molar-refractivity contribution < 1.29 is 9.53 Å². The van der Waals surface area contributed by atoms with E-state index in [1.807, 2.05) is 55.5 Å². The summed E-state index contributed by atoms with van der Waals surface area (Å²) in [6.07, 6.45) is 0. The van der Waals surface area contributed by atoms with Crippen LogP contribution in [0.4, 0.5) is 5.13 Å². The van der Waals surface area contributed by atoms with Crippen LogP contribution in [0.5, 0.6) is 5.75 Å². The second kappa shape index (κ2) is 6.54. The molecule has 0 aliphatic carbocycles. The van der Waals surface area contributed by atoms with Crippen LogP contribution in [0.2, 0.25) is 0 Å². The molecular weight excluding hydrogens is 390 g/mol. The van der Waals surface area contributed by atoms with Crippen molar-refractivity contribution in [1.29, 1.82) is 0 Å². The van der Waals surface area contributed by atoms with Gasteiger partial charge in [0.1, 0.15) is 5.75 Å². The number of hydrogen-bond acceptors (Lipinski definition) is 6. The molecule has 0 saturated carbocycles.